The Hall–Kier alpha value is -4.11. The number of hydrazone groups is 1. The van der Waals surface area contributed by atoms with Crippen molar-refractivity contribution in [1.82, 2.24) is 15.2 Å². The molecule has 0 aliphatic carbocycles. The van der Waals surface area contributed by atoms with Gasteiger partial charge in [-0.2, -0.15) is 10.2 Å². The van der Waals surface area contributed by atoms with Crippen LogP contribution >= 0.6 is 15.9 Å². The number of carbonyl (C=O) groups is 1. The van der Waals surface area contributed by atoms with Crippen molar-refractivity contribution in [2.24, 2.45) is 5.10 Å². The molecule has 9 heteroatoms. The maximum absolute atomic E-state index is 12.4. The number of nitrogens with zero attached hydrogens (tertiary/aromatic N) is 4. The second-order valence-corrected chi connectivity index (χ2v) is 7.64. The number of aromatic nitrogens is 2. The summed E-state index contributed by atoms with van der Waals surface area (Å²) in [6, 6.07) is 22.8. The van der Waals surface area contributed by atoms with E-state index >= 15 is 0 Å². The minimum atomic E-state index is -0.553. The number of benzene rings is 3. The van der Waals surface area contributed by atoms with Gasteiger partial charge in [0, 0.05) is 39.5 Å². The van der Waals surface area contributed by atoms with Gasteiger partial charge in [-0.15, -0.1) is 0 Å². The first kappa shape index (κ1) is 21.1. The molecule has 0 saturated heterocycles. The molecule has 3 aromatic carbocycles. The predicted octanol–water partition coefficient (Wildman–Crippen LogP) is 4.97. The highest BCUT2D eigenvalue weighted by molar-refractivity contribution is 9.10. The van der Waals surface area contributed by atoms with Crippen molar-refractivity contribution in [3.05, 3.63) is 111 Å². The van der Waals surface area contributed by atoms with E-state index in [4.69, 9.17) is 0 Å². The highest BCUT2D eigenvalue weighted by atomic mass is 79.9. The van der Waals surface area contributed by atoms with E-state index in [1.54, 1.807) is 4.68 Å². The van der Waals surface area contributed by atoms with E-state index in [2.05, 4.69) is 31.6 Å². The topological polar surface area (TPSA) is 102 Å². The molecule has 0 unspecified atom stereocenters. The van der Waals surface area contributed by atoms with E-state index in [0.29, 0.717) is 11.3 Å². The summed E-state index contributed by atoms with van der Waals surface area (Å²) in [6.07, 6.45) is 3.31. The maximum Gasteiger partial charge on any atom is 0.271 e. The number of carbonyl (C=O) groups excluding carboxylic acids is 1. The third kappa shape index (κ3) is 4.79. The molecule has 1 heterocycles. The van der Waals surface area contributed by atoms with Gasteiger partial charge >= 0.3 is 0 Å². The Kier molecular flexibility index (Phi) is 6.18. The Morgan fingerprint density at radius 1 is 1.06 bits per heavy atom. The van der Waals surface area contributed by atoms with E-state index < -0.39 is 10.8 Å². The molecule has 8 nitrogen and oxygen atoms in total. The third-order valence-corrected chi connectivity index (χ3v) is 5.10. The first-order chi connectivity index (χ1) is 15.5. The summed E-state index contributed by atoms with van der Waals surface area (Å²) in [6.45, 7) is 0. The van der Waals surface area contributed by atoms with E-state index in [9.17, 15) is 14.9 Å². The minimum absolute atomic E-state index is 0.143. The summed E-state index contributed by atoms with van der Waals surface area (Å²) in [5.41, 5.74) is 5.54. The molecule has 158 valence electrons. The van der Waals surface area contributed by atoms with Gasteiger partial charge in [0.2, 0.25) is 0 Å². The summed E-state index contributed by atoms with van der Waals surface area (Å²) in [5, 5.41) is 19.7. The van der Waals surface area contributed by atoms with E-state index in [-0.39, 0.29) is 11.3 Å². The van der Waals surface area contributed by atoms with Crippen molar-refractivity contribution < 1.29 is 9.72 Å². The second-order valence-electron chi connectivity index (χ2n) is 6.73. The maximum atomic E-state index is 12.4. The molecule has 0 spiro atoms. The quantitative estimate of drug-likeness (QED) is 0.234. The monoisotopic (exact) mass is 489 g/mol. The molecule has 0 aliphatic heterocycles. The first-order valence-electron chi connectivity index (χ1n) is 9.50. The largest absolute Gasteiger partial charge is 0.271 e. The number of halogens is 1. The zero-order chi connectivity index (χ0) is 22.5. The number of amides is 1. The molecule has 4 aromatic rings. The highest BCUT2D eigenvalue weighted by Crippen LogP contribution is 2.24. The molecule has 0 radical (unpaired) electrons. The van der Waals surface area contributed by atoms with Crippen molar-refractivity contribution >= 4 is 33.7 Å². The summed E-state index contributed by atoms with van der Waals surface area (Å²) < 4.78 is 2.68. The number of hydrogen-bond acceptors (Lipinski definition) is 5. The summed E-state index contributed by atoms with van der Waals surface area (Å²) in [4.78, 5) is 22.7. The standard InChI is InChI=1S/C23H16BrN5O3/c24-19-11-9-16(10-12-19)22-18(15-28(27-22)20-6-2-1-3-7-20)14-25-26-23(30)17-5-4-8-21(13-17)29(31)32/h1-15H,(H,26,30)/b25-14-. The lowest BCUT2D eigenvalue weighted by molar-refractivity contribution is -0.384. The van der Waals surface area contributed by atoms with Crippen molar-refractivity contribution in [3.63, 3.8) is 0 Å². The van der Waals surface area contributed by atoms with Gasteiger partial charge in [-0.1, -0.05) is 52.3 Å². The zero-order valence-corrected chi connectivity index (χ0v) is 18.1. The van der Waals surface area contributed by atoms with Crippen molar-refractivity contribution in [2.45, 2.75) is 0 Å². The molecule has 0 bridgehead atoms. The predicted molar refractivity (Wildman–Crippen MR) is 125 cm³/mol. The molecule has 0 saturated carbocycles. The molecular formula is C23H16BrN5O3. The average Bonchev–Trinajstić information content (AvgIpc) is 3.24. The van der Waals surface area contributed by atoms with Crippen LogP contribution in [0.25, 0.3) is 16.9 Å². The van der Waals surface area contributed by atoms with Crippen molar-refractivity contribution in [2.75, 3.05) is 0 Å². The summed E-state index contributed by atoms with van der Waals surface area (Å²) in [7, 11) is 0. The summed E-state index contributed by atoms with van der Waals surface area (Å²) in [5.74, 6) is -0.550. The van der Waals surface area contributed by atoms with Gasteiger partial charge in [-0.25, -0.2) is 10.1 Å². The Morgan fingerprint density at radius 2 is 1.81 bits per heavy atom. The molecule has 1 amide bonds. The lowest BCUT2D eigenvalue weighted by atomic mass is 10.1. The zero-order valence-electron chi connectivity index (χ0n) is 16.6. The van der Waals surface area contributed by atoms with E-state index in [1.807, 2.05) is 60.8 Å². The Labute approximate surface area is 191 Å². The van der Waals surface area contributed by atoms with Crippen molar-refractivity contribution in [3.8, 4) is 16.9 Å². The van der Waals surface area contributed by atoms with Crippen LogP contribution in [0.2, 0.25) is 0 Å². The van der Waals surface area contributed by atoms with Crippen LogP contribution in [0.4, 0.5) is 5.69 Å². The molecular weight excluding hydrogens is 474 g/mol. The number of nitrogens with one attached hydrogen (secondary N) is 1. The number of nitro groups is 1. The van der Waals surface area contributed by atoms with Crippen LogP contribution in [-0.4, -0.2) is 26.8 Å². The van der Waals surface area contributed by atoms with Crippen molar-refractivity contribution in [1.29, 1.82) is 0 Å². The molecule has 1 N–H and O–H groups in total. The van der Waals surface area contributed by atoms with Crippen LogP contribution < -0.4 is 5.43 Å². The van der Waals surface area contributed by atoms with Gasteiger partial charge < -0.3 is 0 Å². The van der Waals surface area contributed by atoms with Crippen LogP contribution in [-0.2, 0) is 0 Å². The average molecular weight is 490 g/mol. The fraction of sp³-hybridized carbons (Fsp3) is 0. The van der Waals surface area contributed by atoms with Crippen LogP contribution in [0.3, 0.4) is 0 Å². The summed E-state index contributed by atoms with van der Waals surface area (Å²) >= 11 is 3.43. The smallest absolute Gasteiger partial charge is 0.267 e. The minimum Gasteiger partial charge on any atom is -0.267 e. The molecule has 0 atom stereocenters. The molecule has 0 aliphatic rings. The second kappa shape index (κ2) is 9.36. The van der Waals surface area contributed by atoms with Crippen LogP contribution in [0.5, 0.6) is 0 Å². The fourth-order valence-corrected chi connectivity index (χ4v) is 3.28. The number of non-ortho nitro benzene ring substituents is 1. The van der Waals surface area contributed by atoms with Gasteiger partial charge in [0.05, 0.1) is 16.8 Å². The van der Waals surface area contributed by atoms with Gasteiger partial charge in [-0.3, -0.25) is 14.9 Å². The highest BCUT2D eigenvalue weighted by Gasteiger charge is 2.13. The first-order valence-corrected chi connectivity index (χ1v) is 10.3. The Balaban J connectivity index is 1.62. The van der Waals surface area contributed by atoms with Gasteiger partial charge in [0.25, 0.3) is 11.6 Å². The Morgan fingerprint density at radius 3 is 2.53 bits per heavy atom. The lowest BCUT2D eigenvalue weighted by Gasteiger charge is -2.01. The number of hydrogen-bond donors (Lipinski definition) is 1. The number of rotatable bonds is 6. The lowest BCUT2D eigenvalue weighted by Crippen LogP contribution is -2.17. The van der Waals surface area contributed by atoms with Crippen LogP contribution in [0, 0.1) is 10.1 Å². The number of para-hydroxylation sites is 1. The van der Waals surface area contributed by atoms with Gasteiger partial charge in [0.15, 0.2) is 0 Å². The van der Waals surface area contributed by atoms with E-state index in [0.717, 1.165) is 15.7 Å². The third-order valence-electron chi connectivity index (χ3n) is 4.57. The molecule has 32 heavy (non-hydrogen) atoms. The van der Waals surface area contributed by atoms with Crippen LogP contribution in [0.1, 0.15) is 15.9 Å². The molecule has 0 fully saturated rings. The molecule has 4 rings (SSSR count). The van der Waals surface area contributed by atoms with E-state index in [1.165, 1.54) is 30.5 Å². The van der Waals surface area contributed by atoms with Gasteiger partial charge in [-0.05, 0) is 30.3 Å². The SMILES string of the molecule is O=C(N/N=C\c1cn(-c2ccccc2)nc1-c1ccc(Br)cc1)c1cccc([N+](=O)[O-])c1. The van der Waals surface area contributed by atoms with Gasteiger partial charge in [0.1, 0.15) is 5.69 Å². The fourth-order valence-electron chi connectivity index (χ4n) is 3.01. The Bertz CT molecular complexity index is 1300. The van der Waals surface area contributed by atoms with Crippen LogP contribution in [0.15, 0.2) is 94.6 Å². The normalized spacial score (nSPS) is 10.9. The number of nitro benzene ring substituents is 1. The molecule has 1 aromatic heterocycles.